The fraction of sp³-hybridized carbons (Fsp3) is 0.222. The van der Waals surface area contributed by atoms with Crippen molar-refractivity contribution in [3.8, 4) is 0 Å². The Kier molecular flexibility index (Phi) is 6.19. The van der Waals surface area contributed by atoms with Crippen molar-refractivity contribution in [1.29, 1.82) is 0 Å². The molecule has 1 atom stereocenters. The van der Waals surface area contributed by atoms with Gasteiger partial charge in [0, 0.05) is 11.8 Å². The number of aryl methyl sites for hydroxylation is 1. The van der Waals surface area contributed by atoms with E-state index in [1.807, 2.05) is 19.1 Å². The van der Waals surface area contributed by atoms with Crippen LogP contribution in [0.3, 0.4) is 0 Å². The molecule has 0 aliphatic carbocycles. The minimum absolute atomic E-state index is 0.0296. The Hall–Kier alpha value is -2.80. The van der Waals surface area contributed by atoms with E-state index >= 15 is 0 Å². The Bertz CT molecular complexity index is 763. The quantitative estimate of drug-likeness (QED) is 0.738. The van der Waals surface area contributed by atoms with Crippen molar-refractivity contribution in [2.45, 2.75) is 6.92 Å². The first-order valence-electron chi connectivity index (χ1n) is 7.76. The molecule has 0 radical (unpaired) electrons. The first-order chi connectivity index (χ1) is 11.8. The van der Waals surface area contributed by atoms with E-state index in [4.69, 9.17) is 0 Å². The number of hydrogen-bond acceptors (Lipinski definition) is 2. The molecule has 0 aliphatic heterocycles. The maximum atomic E-state index is 13.5. The highest BCUT2D eigenvalue weighted by molar-refractivity contribution is 5.93. The van der Waals surface area contributed by atoms with E-state index in [0.717, 1.165) is 17.7 Å². The molecule has 2 rings (SSSR count). The Morgan fingerprint density at radius 2 is 1.56 bits per heavy atom. The zero-order chi connectivity index (χ0) is 18.4. The number of anilines is 2. The van der Waals surface area contributed by atoms with Gasteiger partial charge in [-0.2, -0.15) is 0 Å². The summed E-state index contributed by atoms with van der Waals surface area (Å²) in [6, 6.07) is 10.3. The summed E-state index contributed by atoms with van der Waals surface area (Å²) in [6.07, 6.45) is 0. The number of benzene rings is 2. The molecular weight excluding hydrogens is 328 g/mol. The molecule has 2 amide bonds. The van der Waals surface area contributed by atoms with Crippen molar-refractivity contribution < 1.29 is 23.3 Å². The van der Waals surface area contributed by atoms with Gasteiger partial charge in [0.25, 0.3) is 11.8 Å². The summed E-state index contributed by atoms with van der Waals surface area (Å²) in [6.45, 7) is 2.00. The van der Waals surface area contributed by atoms with Gasteiger partial charge in [-0.3, -0.25) is 9.59 Å². The molecule has 0 bridgehead atoms. The van der Waals surface area contributed by atoms with Crippen LogP contribution in [0.1, 0.15) is 5.56 Å². The average Bonchev–Trinajstić information content (AvgIpc) is 2.52. The maximum absolute atomic E-state index is 13.5. The average molecular weight is 348 g/mol. The predicted octanol–water partition coefficient (Wildman–Crippen LogP) is 1.37. The van der Waals surface area contributed by atoms with Gasteiger partial charge in [0.1, 0.15) is 11.6 Å². The molecule has 3 N–H and O–H groups in total. The number of quaternary nitrogens is 1. The summed E-state index contributed by atoms with van der Waals surface area (Å²) in [5, 5.41) is 5.11. The highest BCUT2D eigenvalue weighted by Gasteiger charge is 2.16. The molecule has 0 aromatic heterocycles. The number of nitrogens with one attached hydrogen (secondary N) is 3. The maximum Gasteiger partial charge on any atom is 0.279 e. The van der Waals surface area contributed by atoms with Crippen molar-refractivity contribution in [2.24, 2.45) is 0 Å². The van der Waals surface area contributed by atoms with E-state index in [-0.39, 0.29) is 24.7 Å². The summed E-state index contributed by atoms with van der Waals surface area (Å²) in [7, 11) is 1.68. The van der Waals surface area contributed by atoms with Crippen molar-refractivity contribution in [1.82, 2.24) is 0 Å². The Labute approximate surface area is 144 Å². The van der Waals surface area contributed by atoms with Gasteiger partial charge in [0.2, 0.25) is 0 Å². The third-order valence-electron chi connectivity index (χ3n) is 3.47. The van der Waals surface area contributed by atoms with E-state index in [0.29, 0.717) is 16.7 Å². The summed E-state index contributed by atoms with van der Waals surface area (Å²) < 4.78 is 26.3. The standard InChI is InChI=1S/C18H19F2N3O2/c1-12-3-6-14(7-4-12)21-17(24)10-23(2)11-18(25)22-16-8-5-13(19)9-15(16)20/h3-9H,10-11H2,1-2H3,(H,21,24)(H,22,25)/p+1. The highest BCUT2D eigenvalue weighted by Crippen LogP contribution is 2.14. The summed E-state index contributed by atoms with van der Waals surface area (Å²) in [5.74, 6) is -2.26. The second-order valence-electron chi connectivity index (χ2n) is 5.90. The van der Waals surface area contributed by atoms with Crippen LogP contribution in [0.25, 0.3) is 0 Å². The number of carbonyl (C=O) groups excluding carboxylic acids is 2. The van der Waals surface area contributed by atoms with Gasteiger partial charge >= 0.3 is 0 Å². The molecule has 5 nitrogen and oxygen atoms in total. The molecule has 0 spiro atoms. The number of carbonyl (C=O) groups is 2. The molecule has 25 heavy (non-hydrogen) atoms. The molecular formula is C18H20F2N3O2+. The molecule has 0 saturated carbocycles. The SMILES string of the molecule is Cc1ccc(NC(=O)C[NH+](C)CC(=O)Nc2ccc(F)cc2F)cc1. The highest BCUT2D eigenvalue weighted by atomic mass is 19.1. The number of amides is 2. The summed E-state index contributed by atoms with van der Waals surface area (Å²) in [4.78, 5) is 24.5. The normalized spacial score (nSPS) is 11.7. The molecule has 2 aromatic rings. The van der Waals surface area contributed by atoms with Crippen LogP contribution in [0.15, 0.2) is 42.5 Å². The minimum atomic E-state index is -0.844. The van der Waals surface area contributed by atoms with E-state index in [1.54, 1.807) is 19.2 Å². The zero-order valence-electron chi connectivity index (χ0n) is 14.0. The van der Waals surface area contributed by atoms with Gasteiger partial charge in [-0.15, -0.1) is 0 Å². The van der Waals surface area contributed by atoms with Crippen LogP contribution >= 0.6 is 0 Å². The van der Waals surface area contributed by atoms with E-state index in [2.05, 4.69) is 10.6 Å². The van der Waals surface area contributed by atoms with Gasteiger partial charge < -0.3 is 15.5 Å². The summed E-state index contributed by atoms with van der Waals surface area (Å²) >= 11 is 0. The molecule has 1 unspecified atom stereocenters. The Morgan fingerprint density at radius 1 is 0.960 bits per heavy atom. The molecule has 7 heteroatoms. The largest absolute Gasteiger partial charge is 0.322 e. The molecule has 2 aromatic carbocycles. The van der Waals surface area contributed by atoms with Crippen LogP contribution in [0.4, 0.5) is 20.2 Å². The monoisotopic (exact) mass is 348 g/mol. The first kappa shape index (κ1) is 18.5. The lowest BCUT2D eigenvalue weighted by Gasteiger charge is -2.14. The van der Waals surface area contributed by atoms with Gasteiger partial charge in [-0.25, -0.2) is 8.78 Å². The lowest BCUT2D eigenvalue weighted by Crippen LogP contribution is -3.11. The van der Waals surface area contributed by atoms with Crippen LogP contribution in [-0.4, -0.2) is 32.0 Å². The lowest BCUT2D eigenvalue weighted by molar-refractivity contribution is -0.862. The molecule has 0 heterocycles. The zero-order valence-corrected chi connectivity index (χ0v) is 14.0. The molecule has 132 valence electrons. The van der Waals surface area contributed by atoms with Crippen LogP contribution in [0.2, 0.25) is 0 Å². The molecule has 0 saturated heterocycles. The van der Waals surface area contributed by atoms with Crippen LogP contribution in [0.5, 0.6) is 0 Å². The van der Waals surface area contributed by atoms with Crippen LogP contribution < -0.4 is 15.5 Å². The number of hydrogen-bond donors (Lipinski definition) is 3. The molecule has 0 fully saturated rings. The van der Waals surface area contributed by atoms with E-state index < -0.39 is 17.5 Å². The second kappa shape index (κ2) is 8.34. The van der Waals surface area contributed by atoms with Gasteiger partial charge in [-0.05, 0) is 31.2 Å². The number of rotatable bonds is 6. The fourth-order valence-corrected chi connectivity index (χ4v) is 2.24. The van der Waals surface area contributed by atoms with Crippen LogP contribution in [-0.2, 0) is 9.59 Å². The number of likely N-dealkylation sites (N-methyl/N-ethyl adjacent to an activating group) is 1. The topological polar surface area (TPSA) is 62.6 Å². The third-order valence-corrected chi connectivity index (χ3v) is 3.47. The van der Waals surface area contributed by atoms with Gasteiger partial charge in [-0.1, -0.05) is 17.7 Å². The smallest absolute Gasteiger partial charge is 0.279 e. The Morgan fingerprint density at radius 3 is 2.16 bits per heavy atom. The van der Waals surface area contributed by atoms with Gasteiger partial charge in [0.15, 0.2) is 13.1 Å². The van der Waals surface area contributed by atoms with Crippen molar-refractivity contribution >= 4 is 23.2 Å². The first-order valence-corrected chi connectivity index (χ1v) is 7.76. The van der Waals surface area contributed by atoms with Crippen molar-refractivity contribution in [3.63, 3.8) is 0 Å². The van der Waals surface area contributed by atoms with Crippen LogP contribution in [0, 0.1) is 18.6 Å². The van der Waals surface area contributed by atoms with Crippen molar-refractivity contribution in [2.75, 3.05) is 30.8 Å². The second-order valence-corrected chi connectivity index (χ2v) is 5.90. The number of halogens is 2. The minimum Gasteiger partial charge on any atom is -0.322 e. The van der Waals surface area contributed by atoms with E-state index in [1.165, 1.54) is 0 Å². The van der Waals surface area contributed by atoms with Gasteiger partial charge in [0.05, 0.1) is 12.7 Å². The fourth-order valence-electron chi connectivity index (χ4n) is 2.24. The summed E-state index contributed by atoms with van der Waals surface area (Å²) in [5.41, 5.74) is 1.68. The van der Waals surface area contributed by atoms with Crippen molar-refractivity contribution in [3.05, 3.63) is 59.7 Å². The lowest BCUT2D eigenvalue weighted by atomic mass is 10.2. The van der Waals surface area contributed by atoms with E-state index in [9.17, 15) is 18.4 Å². The third kappa shape index (κ3) is 5.96. The predicted molar refractivity (Wildman–Crippen MR) is 91.4 cm³/mol. The Balaban J connectivity index is 1.82. The molecule has 0 aliphatic rings.